The molecule has 0 aromatic heterocycles. The van der Waals surface area contributed by atoms with Crippen LogP contribution in [-0.4, -0.2) is 66.1 Å². The van der Waals surface area contributed by atoms with Crippen LogP contribution in [0.25, 0.3) is 0 Å². The lowest BCUT2D eigenvalue weighted by Crippen LogP contribution is -2.45. The predicted molar refractivity (Wildman–Crippen MR) is 154 cm³/mol. The van der Waals surface area contributed by atoms with Crippen molar-refractivity contribution in [1.29, 1.82) is 0 Å². The second-order valence-corrected chi connectivity index (χ2v) is 10.4. The van der Waals surface area contributed by atoms with Crippen molar-refractivity contribution in [3.8, 4) is 23.0 Å². The van der Waals surface area contributed by atoms with Crippen molar-refractivity contribution in [3.05, 3.63) is 47.5 Å². The van der Waals surface area contributed by atoms with Crippen molar-refractivity contribution in [3.63, 3.8) is 0 Å². The Kier molecular flexibility index (Phi) is 12.6. The average molecular weight is 515 g/mol. The molecule has 0 spiro atoms. The number of likely N-dealkylation sites (N-methyl/N-ethyl adjacent to an activating group) is 1. The van der Waals surface area contributed by atoms with Crippen molar-refractivity contribution in [2.45, 2.75) is 64.8 Å². The fourth-order valence-electron chi connectivity index (χ4n) is 4.94. The highest BCUT2D eigenvalue weighted by Crippen LogP contribution is 2.40. The van der Waals surface area contributed by atoms with Gasteiger partial charge >= 0.3 is 0 Å². The van der Waals surface area contributed by atoms with Gasteiger partial charge in [0.1, 0.15) is 0 Å². The summed E-state index contributed by atoms with van der Waals surface area (Å²) in [5.74, 6) is 3.58. The quantitative estimate of drug-likeness (QED) is 0.281. The number of hydrogen-bond donors (Lipinski definition) is 1. The molecule has 37 heavy (non-hydrogen) atoms. The molecule has 0 radical (unpaired) electrons. The molecular formula is C31H50N2O4. The molecule has 0 saturated heterocycles. The van der Waals surface area contributed by atoms with Gasteiger partial charge in [-0.3, -0.25) is 0 Å². The molecule has 2 aromatic rings. The maximum Gasteiger partial charge on any atom is 0.161 e. The van der Waals surface area contributed by atoms with Crippen molar-refractivity contribution in [1.82, 2.24) is 10.2 Å². The Morgan fingerprint density at radius 3 is 1.97 bits per heavy atom. The van der Waals surface area contributed by atoms with Crippen LogP contribution in [-0.2, 0) is 11.8 Å². The molecule has 0 heterocycles. The van der Waals surface area contributed by atoms with Crippen LogP contribution in [0.3, 0.4) is 0 Å². The lowest BCUT2D eigenvalue weighted by atomic mass is 9.68. The Morgan fingerprint density at radius 2 is 1.41 bits per heavy atom. The SMILES string of the molecule is CCC(C)NCC(CCCN(C)CCc1ccc(OC)c(OC)c1)(c1ccc(OC)c(OC)c1)C(C)C. The number of hydrogen-bond acceptors (Lipinski definition) is 6. The van der Waals surface area contributed by atoms with Crippen molar-refractivity contribution in [2.24, 2.45) is 5.92 Å². The van der Waals surface area contributed by atoms with Crippen LogP contribution in [0, 0.1) is 5.92 Å². The van der Waals surface area contributed by atoms with Crippen LogP contribution in [0.1, 0.15) is 58.1 Å². The van der Waals surface area contributed by atoms with Crippen LogP contribution in [0.2, 0.25) is 0 Å². The highest BCUT2D eigenvalue weighted by molar-refractivity contribution is 5.46. The maximum atomic E-state index is 5.68. The summed E-state index contributed by atoms with van der Waals surface area (Å²) in [5, 5.41) is 3.82. The zero-order valence-electron chi connectivity index (χ0n) is 24.6. The molecule has 0 fully saturated rings. The van der Waals surface area contributed by atoms with E-state index in [0.717, 1.165) is 68.3 Å². The lowest BCUT2D eigenvalue weighted by molar-refractivity contribution is 0.234. The summed E-state index contributed by atoms with van der Waals surface area (Å²) in [6.45, 7) is 12.2. The molecule has 0 aliphatic rings. The first-order valence-electron chi connectivity index (χ1n) is 13.6. The Balaban J connectivity index is 2.13. The lowest BCUT2D eigenvalue weighted by Gasteiger charge is -2.40. The van der Waals surface area contributed by atoms with Gasteiger partial charge in [0.15, 0.2) is 23.0 Å². The van der Waals surface area contributed by atoms with E-state index in [0.29, 0.717) is 12.0 Å². The van der Waals surface area contributed by atoms with Gasteiger partial charge in [-0.15, -0.1) is 0 Å². The number of ether oxygens (including phenoxy) is 4. The standard InChI is InChI=1S/C31H50N2O4/c1-10-24(4)32-22-31(23(2)3,26-13-15-28(35-7)30(21-26)37-9)17-11-18-33(5)19-16-25-12-14-27(34-6)29(20-25)36-8/h12-15,20-21,23-24,32H,10-11,16-19,22H2,1-9H3. The van der Waals surface area contributed by atoms with Gasteiger partial charge in [-0.25, -0.2) is 0 Å². The monoisotopic (exact) mass is 514 g/mol. The van der Waals surface area contributed by atoms with Crippen LogP contribution in [0.15, 0.2) is 36.4 Å². The number of rotatable bonds is 17. The van der Waals surface area contributed by atoms with E-state index in [2.05, 4.69) is 69.2 Å². The Labute approximate surface area is 225 Å². The van der Waals surface area contributed by atoms with E-state index < -0.39 is 0 Å². The summed E-state index contributed by atoms with van der Waals surface area (Å²) in [5.41, 5.74) is 2.56. The predicted octanol–water partition coefficient (Wildman–Crippen LogP) is 5.96. The van der Waals surface area contributed by atoms with E-state index in [1.807, 2.05) is 12.1 Å². The second kappa shape index (κ2) is 15.1. The van der Waals surface area contributed by atoms with Gasteiger partial charge < -0.3 is 29.2 Å². The average Bonchev–Trinajstić information content (AvgIpc) is 2.92. The summed E-state index contributed by atoms with van der Waals surface area (Å²) < 4.78 is 22.0. The van der Waals surface area contributed by atoms with E-state index in [9.17, 15) is 0 Å². The molecule has 1 N–H and O–H groups in total. The molecule has 0 aliphatic heterocycles. The molecule has 2 rings (SSSR count). The highest BCUT2D eigenvalue weighted by atomic mass is 16.5. The molecule has 6 heteroatoms. The van der Waals surface area contributed by atoms with Gasteiger partial charge in [-0.05, 0) is 87.5 Å². The zero-order valence-corrected chi connectivity index (χ0v) is 24.6. The molecule has 6 nitrogen and oxygen atoms in total. The van der Waals surface area contributed by atoms with E-state index >= 15 is 0 Å². The van der Waals surface area contributed by atoms with Crippen molar-refractivity contribution in [2.75, 3.05) is 55.1 Å². The van der Waals surface area contributed by atoms with Gasteiger partial charge in [-0.2, -0.15) is 0 Å². The van der Waals surface area contributed by atoms with Crippen LogP contribution in [0.4, 0.5) is 0 Å². The molecule has 208 valence electrons. The molecule has 0 aliphatic carbocycles. The summed E-state index contributed by atoms with van der Waals surface area (Å²) in [6.07, 6.45) is 4.28. The molecule has 0 amide bonds. The number of nitrogens with zero attached hydrogens (tertiary/aromatic N) is 1. The van der Waals surface area contributed by atoms with Crippen LogP contribution < -0.4 is 24.3 Å². The number of nitrogens with one attached hydrogen (secondary N) is 1. The summed E-state index contributed by atoms with van der Waals surface area (Å²) in [7, 11) is 8.97. The zero-order chi connectivity index (χ0) is 27.4. The molecule has 0 bridgehead atoms. The molecule has 2 aromatic carbocycles. The summed E-state index contributed by atoms with van der Waals surface area (Å²) in [4.78, 5) is 2.43. The third-order valence-corrected chi connectivity index (χ3v) is 7.83. The van der Waals surface area contributed by atoms with Crippen molar-refractivity contribution >= 4 is 0 Å². The largest absolute Gasteiger partial charge is 0.493 e. The van der Waals surface area contributed by atoms with E-state index in [1.165, 1.54) is 11.1 Å². The van der Waals surface area contributed by atoms with Gasteiger partial charge in [0.2, 0.25) is 0 Å². The van der Waals surface area contributed by atoms with Gasteiger partial charge in [-0.1, -0.05) is 32.9 Å². The first-order valence-corrected chi connectivity index (χ1v) is 13.6. The van der Waals surface area contributed by atoms with Gasteiger partial charge in [0.25, 0.3) is 0 Å². The first kappa shape index (κ1) is 30.8. The summed E-state index contributed by atoms with van der Waals surface area (Å²) >= 11 is 0. The fourth-order valence-corrected chi connectivity index (χ4v) is 4.94. The third kappa shape index (κ3) is 8.27. The minimum atomic E-state index is -0.00677. The number of methoxy groups -OCH3 is 4. The molecule has 2 unspecified atom stereocenters. The normalized spacial score (nSPS) is 13.9. The molecular weight excluding hydrogens is 464 g/mol. The Hall–Kier alpha value is -2.44. The molecule has 2 atom stereocenters. The van der Waals surface area contributed by atoms with Gasteiger partial charge in [0.05, 0.1) is 28.4 Å². The maximum absolute atomic E-state index is 5.68. The van der Waals surface area contributed by atoms with Crippen molar-refractivity contribution < 1.29 is 18.9 Å². The van der Waals surface area contributed by atoms with Crippen LogP contribution >= 0.6 is 0 Å². The number of benzene rings is 2. The highest BCUT2D eigenvalue weighted by Gasteiger charge is 2.36. The Morgan fingerprint density at radius 1 is 0.811 bits per heavy atom. The topological polar surface area (TPSA) is 52.2 Å². The third-order valence-electron chi connectivity index (χ3n) is 7.83. The van der Waals surface area contributed by atoms with Crippen LogP contribution in [0.5, 0.6) is 23.0 Å². The fraction of sp³-hybridized carbons (Fsp3) is 0.613. The van der Waals surface area contributed by atoms with E-state index in [-0.39, 0.29) is 5.41 Å². The Bertz CT molecular complexity index is 949. The second-order valence-electron chi connectivity index (χ2n) is 10.4. The van der Waals surface area contributed by atoms with Gasteiger partial charge in [0, 0.05) is 24.5 Å². The molecule has 0 saturated carbocycles. The van der Waals surface area contributed by atoms with E-state index in [4.69, 9.17) is 18.9 Å². The minimum Gasteiger partial charge on any atom is -0.493 e. The summed E-state index contributed by atoms with van der Waals surface area (Å²) in [6, 6.07) is 13.1. The minimum absolute atomic E-state index is 0.00677. The van der Waals surface area contributed by atoms with E-state index in [1.54, 1.807) is 28.4 Å². The first-order chi connectivity index (χ1) is 17.7. The smallest absolute Gasteiger partial charge is 0.161 e.